The van der Waals surface area contributed by atoms with Crippen LogP contribution in [0.1, 0.15) is 34.3 Å². The number of benzene rings is 3. The van der Waals surface area contributed by atoms with Gasteiger partial charge in [-0.3, -0.25) is 4.79 Å². The molecule has 1 heterocycles. The summed E-state index contributed by atoms with van der Waals surface area (Å²) in [6.07, 6.45) is 1.64. The molecule has 4 rings (SSSR count). The van der Waals surface area contributed by atoms with Gasteiger partial charge in [-0.1, -0.05) is 66.7 Å². The molecule has 3 aromatic rings. The first-order chi connectivity index (χ1) is 16.0. The highest BCUT2D eigenvalue weighted by Gasteiger charge is 2.21. The Balaban J connectivity index is 1.52. The molecule has 7 nitrogen and oxygen atoms in total. The minimum atomic E-state index is -3.77. The predicted octanol–water partition coefficient (Wildman–Crippen LogP) is 3.33. The van der Waals surface area contributed by atoms with Gasteiger partial charge in [0, 0.05) is 29.8 Å². The molecule has 1 aliphatic heterocycles. The maximum absolute atomic E-state index is 12.8. The number of rotatable bonds is 8. The van der Waals surface area contributed by atoms with Gasteiger partial charge in [0.15, 0.2) is 0 Å². The van der Waals surface area contributed by atoms with Crippen molar-refractivity contribution in [3.8, 4) is 0 Å². The normalized spacial score (nSPS) is 15.7. The third kappa shape index (κ3) is 5.92. The van der Waals surface area contributed by atoms with Crippen molar-refractivity contribution < 1.29 is 17.9 Å². The van der Waals surface area contributed by atoms with Crippen molar-refractivity contribution in [3.05, 3.63) is 102 Å². The van der Waals surface area contributed by atoms with Crippen molar-refractivity contribution in [1.29, 1.82) is 0 Å². The van der Waals surface area contributed by atoms with Crippen LogP contribution in [-0.4, -0.2) is 39.3 Å². The topological polar surface area (TPSA) is 96.9 Å². The molecular formula is C25H25N3O4S. The number of nitrogens with zero attached hydrogens (tertiary/aromatic N) is 1. The summed E-state index contributed by atoms with van der Waals surface area (Å²) in [5, 5.41) is 4.36. The highest BCUT2D eigenvalue weighted by atomic mass is 32.2. The molecule has 1 unspecified atom stereocenters. The minimum Gasteiger partial charge on any atom is -0.377 e. The number of nitrogens with one attached hydrogen (secondary N) is 2. The molecule has 1 aliphatic rings. The van der Waals surface area contributed by atoms with Gasteiger partial charge in [0.25, 0.3) is 5.91 Å². The molecule has 170 valence electrons. The Morgan fingerprint density at radius 1 is 0.909 bits per heavy atom. The summed E-state index contributed by atoms with van der Waals surface area (Å²) >= 11 is 0. The first-order valence-electron chi connectivity index (χ1n) is 10.7. The van der Waals surface area contributed by atoms with Crippen LogP contribution in [0.4, 0.5) is 0 Å². The quantitative estimate of drug-likeness (QED) is 0.396. The number of hydrogen-bond acceptors (Lipinski definition) is 5. The average molecular weight is 464 g/mol. The molecule has 0 aliphatic carbocycles. The smallest absolute Gasteiger partial charge is 0.271 e. The fourth-order valence-electron chi connectivity index (χ4n) is 3.55. The van der Waals surface area contributed by atoms with E-state index in [2.05, 4.69) is 15.2 Å². The first kappa shape index (κ1) is 22.8. The summed E-state index contributed by atoms with van der Waals surface area (Å²) in [5.74, 6) is -0.504. The Morgan fingerprint density at radius 3 is 2.15 bits per heavy atom. The molecule has 0 spiro atoms. The van der Waals surface area contributed by atoms with Crippen molar-refractivity contribution in [3.63, 3.8) is 0 Å². The van der Waals surface area contributed by atoms with Crippen molar-refractivity contribution >= 4 is 21.6 Å². The van der Waals surface area contributed by atoms with Gasteiger partial charge in [-0.2, -0.15) is 5.10 Å². The van der Waals surface area contributed by atoms with Crippen LogP contribution >= 0.6 is 0 Å². The van der Waals surface area contributed by atoms with Crippen LogP contribution < -0.4 is 10.1 Å². The summed E-state index contributed by atoms with van der Waals surface area (Å²) < 4.78 is 33.4. The maximum atomic E-state index is 12.8. The van der Waals surface area contributed by atoms with Crippen molar-refractivity contribution in [2.75, 3.05) is 13.2 Å². The molecule has 8 heteroatoms. The van der Waals surface area contributed by atoms with Crippen molar-refractivity contribution in [1.82, 2.24) is 10.1 Å². The largest absolute Gasteiger partial charge is 0.377 e. The molecule has 0 radical (unpaired) electrons. The van der Waals surface area contributed by atoms with Gasteiger partial charge in [-0.05, 0) is 31.0 Å². The maximum Gasteiger partial charge on any atom is 0.271 e. The number of carbonyl (C=O) groups is 1. The molecule has 1 amide bonds. The molecule has 0 bridgehead atoms. The van der Waals surface area contributed by atoms with Crippen LogP contribution in [0.2, 0.25) is 0 Å². The molecule has 0 aromatic heterocycles. The van der Waals surface area contributed by atoms with E-state index >= 15 is 0 Å². The Labute approximate surface area is 193 Å². The molecule has 0 saturated carbocycles. The van der Waals surface area contributed by atoms with Gasteiger partial charge in [0.2, 0.25) is 10.0 Å². The molecule has 3 aromatic carbocycles. The van der Waals surface area contributed by atoms with E-state index in [-0.39, 0.29) is 23.1 Å². The van der Waals surface area contributed by atoms with Gasteiger partial charge in [-0.15, -0.1) is 0 Å². The van der Waals surface area contributed by atoms with Crippen LogP contribution in [0, 0.1) is 0 Å². The van der Waals surface area contributed by atoms with E-state index in [1.165, 1.54) is 18.2 Å². The summed E-state index contributed by atoms with van der Waals surface area (Å²) in [4.78, 5) is 12.8. The average Bonchev–Trinajstić information content (AvgIpc) is 3.38. The number of hydrazone groups is 1. The van der Waals surface area contributed by atoms with E-state index in [1.807, 2.05) is 60.7 Å². The van der Waals surface area contributed by atoms with Crippen molar-refractivity contribution in [2.45, 2.75) is 23.8 Å². The lowest BCUT2D eigenvalue weighted by molar-refractivity contribution is 0.0954. The van der Waals surface area contributed by atoms with Gasteiger partial charge < -0.3 is 4.74 Å². The molecule has 1 saturated heterocycles. The Kier molecular flexibility index (Phi) is 7.29. The van der Waals surface area contributed by atoms with Gasteiger partial charge >= 0.3 is 0 Å². The molecular weight excluding hydrogens is 438 g/mol. The predicted molar refractivity (Wildman–Crippen MR) is 127 cm³/mol. The number of hydrogen-bond donors (Lipinski definition) is 2. The third-order valence-corrected chi connectivity index (χ3v) is 6.72. The van der Waals surface area contributed by atoms with E-state index in [4.69, 9.17) is 4.74 Å². The molecule has 2 N–H and O–H groups in total. The standard InChI is InChI=1S/C25H25N3O4S/c29-25(28-27-24(19-9-3-1-4-10-19)20-11-5-2-6-12-20)21-13-7-15-23(17-21)33(30,31)26-18-22-14-8-16-32-22/h1-7,9-13,15,17,22,26H,8,14,16,18H2,(H,28,29). The van der Waals surface area contributed by atoms with Gasteiger partial charge in [0.1, 0.15) is 0 Å². The fraction of sp³-hybridized carbons (Fsp3) is 0.200. The Hall–Kier alpha value is -3.33. The first-order valence-corrected chi connectivity index (χ1v) is 12.2. The van der Waals surface area contributed by atoms with Crippen LogP contribution in [-0.2, 0) is 14.8 Å². The van der Waals surface area contributed by atoms with Crippen LogP contribution in [0.3, 0.4) is 0 Å². The zero-order chi connectivity index (χ0) is 23.1. The summed E-state index contributed by atoms with van der Waals surface area (Å²) in [5.41, 5.74) is 5.05. The Bertz CT molecular complexity index is 1180. The van der Waals surface area contributed by atoms with E-state index in [0.29, 0.717) is 12.3 Å². The minimum absolute atomic E-state index is 0.0171. The molecule has 1 fully saturated rings. The number of carbonyl (C=O) groups excluding carboxylic acids is 1. The highest BCUT2D eigenvalue weighted by molar-refractivity contribution is 7.89. The lowest BCUT2D eigenvalue weighted by Crippen LogP contribution is -2.32. The van der Waals surface area contributed by atoms with Crippen molar-refractivity contribution in [2.24, 2.45) is 5.10 Å². The second kappa shape index (κ2) is 10.5. The summed E-state index contributed by atoms with van der Waals surface area (Å²) in [6, 6.07) is 24.9. The van der Waals surface area contributed by atoms with E-state index in [1.54, 1.807) is 6.07 Å². The zero-order valence-electron chi connectivity index (χ0n) is 18.0. The third-order valence-electron chi connectivity index (χ3n) is 5.30. The lowest BCUT2D eigenvalue weighted by atomic mass is 10.0. The highest BCUT2D eigenvalue weighted by Crippen LogP contribution is 2.15. The summed E-state index contributed by atoms with van der Waals surface area (Å²) in [7, 11) is -3.77. The fourth-order valence-corrected chi connectivity index (χ4v) is 4.67. The van der Waals surface area contributed by atoms with Gasteiger partial charge in [-0.25, -0.2) is 18.6 Å². The number of amides is 1. The lowest BCUT2D eigenvalue weighted by Gasteiger charge is -2.12. The number of sulfonamides is 1. The monoisotopic (exact) mass is 463 g/mol. The van der Waals surface area contributed by atoms with Crippen LogP contribution in [0.25, 0.3) is 0 Å². The van der Waals surface area contributed by atoms with E-state index < -0.39 is 15.9 Å². The SMILES string of the molecule is O=C(NN=C(c1ccccc1)c1ccccc1)c1cccc(S(=O)(=O)NCC2CCCO2)c1. The van der Waals surface area contributed by atoms with Crippen LogP contribution in [0.15, 0.2) is 94.9 Å². The molecule has 33 heavy (non-hydrogen) atoms. The second-order valence-electron chi connectivity index (χ2n) is 7.65. The van der Waals surface area contributed by atoms with Gasteiger partial charge in [0.05, 0.1) is 16.7 Å². The number of ether oxygens (including phenoxy) is 1. The second-order valence-corrected chi connectivity index (χ2v) is 9.42. The zero-order valence-corrected chi connectivity index (χ0v) is 18.8. The van der Waals surface area contributed by atoms with E-state index in [0.717, 1.165) is 24.0 Å². The Morgan fingerprint density at radius 2 is 1.55 bits per heavy atom. The van der Waals surface area contributed by atoms with E-state index in [9.17, 15) is 13.2 Å². The molecule has 1 atom stereocenters. The summed E-state index contributed by atoms with van der Waals surface area (Å²) in [6.45, 7) is 0.858. The van der Waals surface area contributed by atoms with Crippen LogP contribution in [0.5, 0.6) is 0 Å².